The van der Waals surface area contributed by atoms with Crippen LogP contribution in [-0.2, 0) is 6.42 Å². The van der Waals surface area contributed by atoms with Gasteiger partial charge in [0.25, 0.3) is 0 Å². The number of terminal acetylenes is 1. The van der Waals surface area contributed by atoms with Crippen LogP contribution >= 0.6 is 0 Å². The average molecular weight is 134 g/mol. The van der Waals surface area contributed by atoms with Gasteiger partial charge in [0.1, 0.15) is 5.76 Å². The van der Waals surface area contributed by atoms with Crippen molar-refractivity contribution < 1.29 is 9.21 Å². The van der Waals surface area contributed by atoms with E-state index in [0.29, 0.717) is 24.2 Å². The Morgan fingerprint density at radius 2 is 2.50 bits per heavy atom. The molecular formula is C8H6O2. The van der Waals surface area contributed by atoms with Crippen molar-refractivity contribution in [1.29, 1.82) is 0 Å². The summed E-state index contributed by atoms with van der Waals surface area (Å²) in [6, 6.07) is 3.29. The monoisotopic (exact) mass is 134 g/mol. The summed E-state index contributed by atoms with van der Waals surface area (Å²) < 4.78 is 4.96. The van der Waals surface area contributed by atoms with Gasteiger partial charge in [-0.1, -0.05) is 5.92 Å². The zero-order valence-electron chi connectivity index (χ0n) is 5.33. The van der Waals surface area contributed by atoms with Crippen molar-refractivity contribution in [2.24, 2.45) is 0 Å². The fourth-order valence-electron chi connectivity index (χ4n) is 0.653. The molecule has 0 N–H and O–H groups in total. The second-order valence-electron chi connectivity index (χ2n) is 1.80. The molecule has 0 aliphatic rings. The average Bonchev–Trinajstić information content (AvgIpc) is 2.37. The van der Waals surface area contributed by atoms with Crippen LogP contribution in [0.3, 0.4) is 0 Å². The number of carbonyl (C=O) groups is 1. The van der Waals surface area contributed by atoms with Gasteiger partial charge < -0.3 is 4.42 Å². The Morgan fingerprint density at radius 1 is 1.70 bits per heavy atom. The molecule has 0 aliphatic carbocycles. The van der Waals surface area contributed by atoms with E-state index in [0.717, 1.165) is 0 Å². The first kappa shape index (κ1) is 6.63. The van der Waals surface area contributed by atoms with Crippen LogP contribution in [0.15, 0.2) is 16.5 Å². The number of carbonyl (C=O) groups excluding carboxylic acids is 1. The molecule has 0 aliphatic heterocycles. The third-order valence-corrected chi connectivity index (χ3v) is 1.07. The number of hydrogen-bond acceptors (Lipinski definition) is 2. The fraction of sp³-hybridized carbons (Fsp3) is 0.125. The maximum atomic E-state index is 10.1. The van der Waals surface area contributed by atoms with Gasteiger partial charge in [0.15, 0.2) is 12.0 Å². The van der Waals surface area contributed by atoms with Crippen molar-refractivity contribution in [3.05, 3.63) is 23.7 Å². The van der Waals surface area contributed by atoms with Gasteiger partial charge in [0.05, 0.1) is 6.42 Å². The standard InChI is InChI=1S/C8H6O2/c1-2-3-7-4-5-8(6-9)10-7/h1,4-6H,3H2. The summed E-state index contributed by atoms with van der Waals surface area (Å²) in [6.45, 7) is 0. The van der Waals surface area contributed by atoms with Gasteiger partial charge in [0.2, 0.25) is 0 Å². The second-order valence-corrected chi connectivity index (χ2v) is 1.80. The Bertz CT molecular complexity index is 265. The Morgan fingerprint density at radius 3 is 3.00 bits per heavy atom. The zero-order chi connectivity index (χ0) is 7.40. The highest BCUT2D eigenvalue weighted by Gasteiger charge is 1.96. The number of aldehydes is 1. The molecule has 0 amide bonds. The topological polar surface area (TPSA) is 30.2 Å². The Hall–Kier alpha value is -1.49. The minimum Gasteiger partial charge on any atom is -0.457 e. The van der Waals surface area contributed by atoms with E-state index in [2.05, 4.69) is 5.92 Å². The minimum absolute atomic E-state index is 0.324. The number of hydrogen-bond donors (Lipinski definition) is 0. The number of rotatable bonds is 2. The van der Waals surface area contributed by atoms with E-state index in [1.165, 1.54) is 0 Å². The van der Waals surface area contributed by atoms with E-state index >= 15 is 0 Å². The highest BCUT2D eigenvalue weighted by Crippen LogP contribution is 2.04. The van der Waals surface area contributed by atoms with Gasteiger partial charge in [0, 0.05) is 0 Å². The van der Waals surface area contributed by atoms with Crippen LogP contribution in [0, 0.1) is 12.3 Å². The molecule has 2 heteroatoms. The molecule has 1 heterocycles. The minimum atomic E-state index is 0.324. The second kappa shape index (κ2) is 2.88. The normalized spacial score (nSPS) is 8.70. The Balaban J connectivity index is 2.80. The van der Waals surface area contributed by atoms with Crippen LogP contribution in [0.5, 0.6) is 0 Å². The summed E-state index contributed by atoms with van der Waals surface area (Å²) >= 11 is 0. The molecule has 0 fully saturated rings. The fourth-order valence-corrected chi connectivity index (χ4v) is 0.653. The third kappa shape index (κ3) is 1.26. The van der Waals surface area contributed by atoms with Gasteiger partial charge in [-0.05, 0) is 12.1 Å². The van der Waals surface area contributed by atoms with Crippen LogP contribution in [-0.4, -0.2) is 6.29 Å². The summed E-state index contributed by atoms with van der Waals surface area (Å²) in [4.78, 5) is 10.1. The van der Waals surface area contributed by atoms with E-state index in [9.17, 15) is 4.79 Å². The van der Waals surface area contributed by atoms with Gasteiger partial charge in [-0.3, -0.25) is 4.79 Å². The first-order valence-electron chi connectivity index (χ1n) is 2.84. The lowest BCUT2D eigenvalue weighted by atomic mass is 10.3. The predicted octanol–water partition coefficient (Wildman–Crippen LogP) is 1.27. The van der Waals surface area contributed by atoms with E-state index in [4.69, 9.17) is 10.8 Å². The Labute approximate surface area is 58.8 Å². The quantitative estimate of drug-likeness (QED) is 0.450. The van der Waals surface area contributed by atoms with Crippen LogP contribution in [0.25, 0.3) is 0 Å². The van der Waals surface area contributed by atoms with Gasteiger partial charge >= 0.3 is 0 Å². The van der Waals surface area contributed by atoms with Crippen molar-refractivity contribution >= 4 is 6.29 Å². The van der Waals surface area contributed by atoms with Crippen LogP contribution in [0.1, 0.15) is 16.3 Å². The zero-order valence-corrected chi connectivity index (χ0v) is 5.33. The molecule has 0 spiro atoms. The summed E-state index contributed by atoms with van der Waals surface area (Å²) in [7, 11) is 0. The maximum Gasteiger partial charge on any atom is 0.185 e. The highest BCUT2D eigenvalue weighted by molar-refractivity contribution is 5.70. The molecular weight excluding hydrogens is 128 g/mol. The van der Waals surface area contributed by atoms with E-state index in [-0.39, 0.29) is 0 Å². The first-order valence-corrected chi connectivity index (χ1v) is 2.84. The highest BCUT2D eigenvalue weighted by atomic mass is 16.3. The maximum absolute atomic E-state index is 10.1. The summed E-state index contributed by atoms with van der Waals surface area (Å²) in [5.41, 5.74) is 0. The molecule has 1 rings (SSSR count). The van der Waals surface area contributed by atoms with Crippen LogP contribution in [0.2, 0.25) is 0 Å². The molecule has 0 radical (unpaired) electrons. The predicted molar refractivity (Wildman–Crippen MR) is 36.6 cm³/mol. The molecule has 0 saturated heterocycles. The van der Waals surface area contributed by atoms with E-state index in [1.54, 1.807) is 12.1 Å². The molecule has 0 atom stereocenters. The van der Waals surface area contributed by atoms with Gasteiger partial charge in [-0.25, -0.2) is 0 Å². The summed E-state index contributed by atoms with van der Waals surface area (Å²) in [5, 5.41) is 0. The summed E-state index contributed by atoms with van der Waals surface area (Å²) in [5.74, 6) is 3.39. The molecule has 0 bridgehead atoms. The van der Waals surface area contributed by atoms with Gasteiger partial charge in [-0.2, -0.15) is 0 Å². The molecule has 1 aromatic heterocycles. The lowest BCUT2D eigenvalue weighted by molar-refractivity contribution is 0.109. The van der Waals surface area contributed by atoms with Gasteiger partial charge in [-0.15, -0.1) is 6.42 Å². The largest absolute Gasteiger partial charge is 0.457 e. The first-order chi connectivity index (χ1) is 4.86. The van der Waals surface area contributed by atoms with Crippen molar-refractivity contribution in [3.8, 4) is 12.3 Å². The smallest absolute Gasteiger partial charge is 0.185 e. The van der Waals surface area contributed by atoms with Crippen LogP contribution < -0.4 is 0 Å². The molecule has 1 aromatic rings. The molecule has 50 valence electrons. The van der Waals surface area contributed by atoms with Crippen molar-refractivity contribution in [2.45, 2.75) is 6.42 Å². The van der Waals surface area contributed by atoms with Crippen molar-refractivity contribution in [1.82, 2.24) is 0 Å². The van der Waals surface area contributed by atoms with E-state index < -0.39 is 0 Å². The Kier molecular flexibility index (Phi) is 1.91. The lowest BCUT2D eigenvalue weighted by Gasteiger charge is -1.82. The lowest BCUT2D eigenvalue weighted by Crippen LogP contribution is -1.73. The number of furan rings is 1. The molecule has 10 heavy (non-hydrogen) atoms. The molecule has 2 nitrogen and oxygen atoms in total. The van der Waals surface area contributed by atoms with E-state index in [1.807, 2.05) is 0 Å². The molecule has 0 unspecified atom stereocenters. The molecule has 0 saturated carbocycles. The molecule has 0 aromatic carbocycles. The van der Waals surface area contributed by atoms with Crippen LogP contribution in [0.4, 0.5) is 0 Å². The SMILES string of the molecule is C#CCc1ccc(C=O)o1. The summed E-state index contributed by atoms with van der Waals surface area (Å²) in [6.07, 6.45) is 6.10. The van der Waals surface area contributed by atoms with Crippen molar-refractivity contribution in [3.63, 3.8) is 0 Å². The van der Waals surface area contributed by atoms with Crippen molar-refractivity contribution in [2.75, 3.05) is 0 Å². The third-order valence-electron chi connectivity index (χ3n) is 1.07.